The molecular weight excluding hydrogens is 232 g/mol. The molecule has 0 saturated carbocycles. The predicted molar refractivity (Wildman–Crippen MR) is 71.0 cm³/mol. The van der Waals surface area contributed by atoms with E-state index in [1.807, 2.05) is 0 Å². The van der Waals surface area contributed by atoms with Gasteiger partial charge in [0.15, 0.2) is 0 Å². The zero-order chi connectivity index (χ0) is 11.8. The number of quaternary nitrogens is 1. The normalized spacial score (nSPS) is 14.8. The second-order valence-electron chi connectivity index (χ2n) is 4.28. The highest BCUT2D eigenvalue weighted by Crippen LogP contribution is 2.27. The Bertz CT molecular complexity index is 575. The second-order valence-corrected chi connectivity index (χ2v) is 4.67. The van der Waals surface area contributed by atoms with Crippen LogP contribution in [0.4, 0.5) is 0 Å². The van der Waals surface area contributed by atoms with Gasteiger partial charge in [-0.1, -0.05) is 18.2 Å². The van der Waals surface area contributed by atoms with E-state index in [1.165, 1.54) is 22.2 Å². The smallest absolute Gasteiger partial charge is 0.216 e. The summed E-state index contributed by atoms with van der Waals surface area (Å²) in [6.07, 6.45) is 1.01. The van der Waals surface area contributed by atoms with Crippen LogP contribution >= 0.6 is 12.2 Å². The Morgan fingerprint density at radius 1 is 1.41 bits per heavy atom. The third-order valence-corrected chi connectivity index (χ3v) is 3.72. The number of rotatable bonds is 0. The molecule has 0 spiro atoms. The van der Waals surface area contributed by atoms with E-state index in [2.05, 4.69) is 45.4 Å². The number of fused-ring (bicyclic) bond motifs is 3. The van der Waals surface area contributed by atoms with Crippen LogP contribution in [0.5, 0.6) is 0 Å². The maximum Gasteiger partial charge on any atom is 0.216 e. The molecule has 1 aliphatic rings. The molecule has 5 heteroatoms. The number of hydrogen-bond acceptors (Lipinski definition) is 1. The van der Waals surface area contributed by atoms with E-state index in [9.17, 15) is 0 Å². The number of H-pyrrole nitrogens is 1. The minimum Gasteiger partial charge on any atom is -0.358 e. The molecule has 4 nitrogen and oxygen atoms in total. The highest BCUT2D eigenvalue weighted by Gasteiger charge is 2.21. The minimum absolute atomic E-state index is 0.723. The third-order valence-electron chi connectivity index (χ3n) is 3.32. The number of nitrogens with zero attached hydrogens (tertiary/aromatic N) is 1. The Hall–Kier alpha value is -1.59. The van der Waals surface area contributed by atoms with Crippen molar-refractivity contribution in [1.82, 2.24) is 15.3 Å². The van der Waals surface area contributed by atoms with Gasteiger partial charge in [0.25, 0.3) is 0 Å². The maximum atomic E-state index is 5.24. The van der Waals surface area contributed by atoms with Gasteiger partial charge in [0.1, 0.15) is 0 Å². The van der Waals surface area contributed by atoms with Crippen molar-refractivity contribution in [2.75, 3.05) is 6.54 Å². The topological polar surface area (TPSA) is 58.7 Å². The minimum atomic E-state index is 0.723. The summed E-state index contributed by atoms with van der Waals surface area (Å²) < 4.78 is 0. The molecule has 0 fully saturated rings. The van der Waals surface area contributed by atoms with Gasteiger partial charge in [-0.05, 0) is 18.3 Å². The Morgan fingerprint density at radius 3 is 3.06 bits per heavy atom. The Labute approximate surface area is 105 Å². The standard InChI is InChI=1S/C12H14N4S/c13-15-12(17)16-6-5-11-9(7-16)8-3-1-2-4-10(8)14-11/h1-4,14H,5-7,13H2,(H,15,17)/p+1. The Kier molecular flexibility index (Phi) is 2.49. The zero-order valence-corrected chi connectivity index (χ0v) is 10.3. The van der Waals surface area contributed by atoms with Gasteiger partial charge in [0.05, 0.1) is 0 Å². The largest absolute Gasteiger partial charge is 0.358 e. The van der Waals surface area contributed by atoms with Crippen molar-refractivity contribution < 1.29 is 5.84 Å². The molecule has 2 aromatic rings. The van der Waals surface area contributed by atoms with Crippen molar-refractivity contribution >= 4 is 28.2 Å². The van der Waals surface area contributed by atoms with Crippen molar-refractivity contribution in [3.8, 4) is 0 Å². The van der Waals surface area contributed by atoms with Crippen LogP contribution in [0.1, 0.15) is 11.3 Å². The molecule has 0 radical (unpaired) electrons. The summed E-state index contributed by atoms with van der Waals surface area (Å²) in [5.74, 6) is 3.63. The van der Waals surface area contributed by atoms with Crippen LogP contribution in [0.25, 0.3) is 10.9 Å². The number of hydrogen-bond donors (Lipinski definition) is 3. The van der Waals surface area contributed by atoms with Crippen LogP contribution in [-0.4, -0.2) is 21.5 Å². The van der Waals surface area contributed by atoms with Crippen LogP contribution in [0, 0.1) is 0 Å². The monoisotopic (exact) mass is 247 g/mol. The lowest BCUT2D eigenvalue weighted by molar-refractivity contribution is -0.420. The third kappa shape index (κ3) is 1.67. The molecule has 0 amide bonds. The quantitative estimate of drug-likeness (QED) is 0.471. The molecule has 5 N–H and O–H groups in total. The van der Waals surface area contributed by atoms with Crippen molar-refractivity contribution in [2.45, 2.75) is 13.0 Å². The number of benzene rings is 1. The number of aromatic amines is 1. The summed E-state index contributed by atoms with van der Waals surface area (Å²) in [5.41, 5.74) is 6.73. The first-order valence-electron chi connectivity index (χ1n) is 5.70. The van der Waals surface area contributed by atoms with E-state index in [1.54, 1.807) is 0 Å². The molecule has 1 aromatic heterocycles. The maximum absolute atomic E-state index is 5.24. The molecular formula is C12H15N4S+. The fourth-order valence-electron chi connectivity index (χ4n) is 2.45. The highest BCUT2D eigenvalue weighted by atomic mass is 32.1. The molecule has 0 bridgehead atoms. The molecule has 0 aliphatic carbocycles. The SMILES string of the molecule is [NH3+]NC(=S)N1CCc2[nH]c3ccccc3c2C1. The molecule has 3 rings (SSSR count). The van der Waals surface area contributed by atoms with Gasteiger partial charge in [0.2, 0.25) is 5.11 Å². The number of para-hydroxylation sites is 1. The molecule has 1 aliphatic heterocycles. The summed E-state index contributed by atoms with van der Waals surface area (Å²) in [6, 6.07) is 8.42. The fraction of sp³-hybridized carbons (Fsp3) is 0.250. The van der Waals surface area contributed by atoms with Gasteiger partial charge < -0.3 is 9.88 Å². The van der Waals surface area contributed by atoms with Crippen LogP contribution in [0.15, 0.2) is 24.3 Å². The molecule has 0 atom stereocenters. The van der Waals surface area contributed by atoms with Crippen LogP contribution in [-0.2, 0) is 13.0 Å². The molecule has 0 unspecified atom stereocenters. The summed E-state index contributed by atoms with van der Waals surface area (Å²) in [6.45, 7) is 1.81. The summed E-state index contributed by atoms with van der Waals surface area (Å²) >= 11 is 5.24. The predicted octanol–water partition coefficient (Wildman–Crippen LogP) is 0.557. The van der Waals surface area contributed by atoms with Crippen molar-refractivity contribution in [3.63, 3.8) is 0 Å². The number of aromatic nitrogens is 1. The van der Waals surface area contributed by atoms with E-state index in [4.69, 9.17) is 12.2 Å². The van der Waals surface area contributed by atoms with Gasteiger partial charge in [-0.3, -0.25) is 5.84 Å². The van der Waals surface area contributed by atoms with Gasteiger partial charge in [-0.25, -0.2) is 5.43 Å². The van der Waals surface area contributed by atoms with Crippen molar-refractivity contribution in [1.29, 1.82) is 0 Å². The fourth-order valence-corrected chi connectivity index (χ4v) is 2.61. The van der Waals surface area contributed by atoms with Crippen LogP contribution in [0.2, 0.25) is 0 Å². The van der Waals surface area contributed by atoms with E-state index in [-0.39, 0.29) is 0 Å². The first-order valence-corrected chi connectivity index (χ1v) is 6.11. The molecule has 88 valence electrons. The van der Waals surface area contributed by atoms with Crippen molar-refractivity contribution in [2.24, 2.45) is 0 Å². The molecule has 2 heterocycles. The van der Waals surface area contributed by atoms with Gasteiger partial charge in [-0.2, -0.15) is 0 Å². The highest BCUT2D eigenvalue weighted by molar-refractivity contribution is 7.80. The Morgan fingerprint density at radius 2 is 2.24 bits per heavy atom. The molecule has 0 saturated heterocycles. The summed E-state index contributed by atoms with van der Waals surface area (Å²) in [5, 5.41) is 2.03. The van der Waals surface area contributed by atoms with Crippen LogP contribution in [0.3, 0.4) is 0 Å². The first-order chi connectivity index (χ1) is 8.29. The summed E-state index contributed by atoms with van der Waals surface area (Å²) in [7, 11) is 0. The second kappa shape index (κ2) is 4.01. The number of nitrogens with one attached hydrogen (secondary N) is 2. The van der Waals surface area contributed by atoms with E-state index < -0.39 is 0 Å². The lowest BCUT2D eigenvalue weighted by atomic mass is 10.1. The van der Waals surface area contributed by atoms with E-state index in [0.717, 1.165) is 24.6 Å². The van der Waals surface area contributed by atoms with E-state index in [0.29, 0.717) is 0 Å². The van der Waals surface area contributed by atoms with Crippen molar-refractivity contribution in [3.05, 3.63) is 35.5 Å². The van der Waals surface area contributed by atoms with E-state index >= 15 is 0 Å². The van der Waals surface area contributed by atoms with Gasteiger partial charge >= 0.3 is 0 Å². The Balaban J connectivity index is 2.03. The lowest BCUT2D eigenvalue weighted by Crippen LogP contribution is -2.69. The summed E-state index contributed by atoms with van der Waals surface area (Å²) in [4.78, 5) is 5.65. The number of thiocarbonyl (C=S) groups is 1. The molecule has 1 aromatic carbocycles. The first kappa shape index (κ1) is 10.6. The van der Waals surface area contributed by atoms with Crippen LogP contribution < -0.4 is 11.3 Å². The van der Waals surface area contributed by atoms with Gasteiger partial charge in [0, 0.05) is 41.7 Å². The zero-order valence-electron chi connectivity index (χ0n) is 9.49. The lowest BCUT2D eigenvalue weighted by Gasteiger charge is -2.27. The average Bonchev–Trinajstić information content (AvgIpc) is 2.75. The average molecular weight is 247 g/mol. The molecule has 17 heavy (non-hydrogen) atoms. The van der Waals surface area contributed by atoms with Gasteiger partial charge in [-0.15, -0.1) is 0 Å².